The maximum Gasteiger partial charge on any atom is 0.313 e. The summed E-state index contributed by atoms with van der Waals surface area (Å²) in [4.78, 5) is 41.8. The summed E-state index contributed by atoms with van der Waals surface area (Å²) in [6, 6.07) is 10.5. The lowest BCUT2D eigenvalue weighted by atomic mass is 10.2. The molecule has 154 valence electrons. The van der Waals surface area contributed by atoms with Gasteiger partial charge in [0.2, 0.25) is 0 Å². The summed E-state index contributed by atoms with van der Waals surface area (Å²) in [5.41, 5.74) is 1.46. The Morgan fingerprint density at radius 1 is 1.03 bits per heavy atom. The molecule has 7 nitrogen and oxygen atoms in total. The molecule has 0 radical (unpaired) electrons. The quantitative estimate of drug-likeness (QED) is 0.652. The van der Waals surface area contributed by atoms with Gasteiger partial charge in [0, 0.05) is 25.2 Å². The molecule has 0 fully saturated rings. The van der Waals surface area contributed by atoms with Gasteiger partial charge in [0.05, 0.1) is 10.9 Å². The molecule has 0 aliphatic carbocycles. The fourth-order valence-corrected chi connectivity index (χ4v) is 3.55. The van der Waals surface area contributed by atoms with Crippen molar-refractivity contribution in [2.45, 2.75) is 38.8 Å². The number of benzene rings is 2. The zero-order valence-electron chi connectivity index (χ0n) is 16.3. The third-order valence-electron chi connectivity index (χ3n) is 5.15. The van der Waals surface area contributed by atoms with Gasteiger partial charge in [-0.25, -0.2) is 9.37 Å². The molecule has 2 amide bonds. The number of hydrogen-bond donors (Lipinski definition) is 2. The second kappa shape index (κ2) is 8.44. The predicted octanol–water partition coefficient (Wildman–Crippen LogP) is 2.52. The van der Waals surface area contributed by atoms with Crippen molar-refractivity contribution in [2.75, 3.05) is 5.32 Å². The van der Waals surface area contributed by atoms with Crippen LogP contribution in [0.4, 0.5) is 10.1 Å². The van der Waals surface area contributed by atoms with Crippen LogP contribution in [0.15, 0.2) is 47.3 Å². The van der Waals surface area contributed by atoms with Gasteiger partial charge in [-0.2, -0.15) is 0 Å². The third-order valence-corrected chi connectivity index (χ3v) is 5.15. The molecule has 0 saturated heterocycles. The number of fused-ring (bicyclic) bond motifs is 2. The number of nitrogens with one attached hydrogen (secondary N) is 2. The fraction of sp³-hybridized carbons (Fsp3) is 0.273. The number of rotatable bonds is 3. The van der Waals surface area contributed by atoms with Crippen molar-refractivity contribution in [1.29, 1.82) is 0 Å². The Morgan fingerprint density at radius 2 is 1.83 bits per heavy atom. The predicted molar refractivity (Wildman–Crippen MR) is 110 cm³/mol. The molecular weight excluding hydrogens is 387 g/mol. The van der Waals surface area contributed by atoms with Crippen LogP contribution in [0.5, 0.6) is 0 Å². The van der Waals surface area contributed by atoms with E-state index in [1.807, 2.05) is 0 Å². The lowest BCUT2D eigenvalue weighted by Crippen LogP contribution is -2.35. The summed E-state index contributed by atoms with van der Waals surface area (Å²) in [6.07, 6.45) is 3.79. The van der Waals surface area contributed by atoms with Crippen LogP contribution in [-0.4, -0.2) is 21.4 Å². The zero-order valence-corrected chi connectivity index (χ0v) is 16.3. The molecule has 3 aromatic rings. The summed E-state index contributed by atoms with van der Waals surface area (Å²) in [6.45, 7) is 0.737. The van der Waals surface area contributed by atoms with E-state index in [1.54, 1.807) is 22.8 Å². The molecule has 0 saturated carbocycles. The Labute approximate surface area is 171 Å². The van der Waals surface area contributed by atoms with Crippen LogP contribution < -0.4 is 16.2 Å². The highest BCUT2D eigenvalue weighted by Crippen LogP contribution is 2.18. The molecule has 2 N–H and O–H groups in total. The molecule has 2 aromatic carbocycles. The van der Waals surface area contributed by atoms with Crippen LogP contribution in [0, 0.1) is 5.82 Å². The van der Waals surface area contributed by atoms with Crippen LogP contribution in [0.25, 0.3) is 10.9 Å². The minimum absolute atomic E-state index is 0.0989. The van der Waals surface area contributed by atoms with Gasteiger partial charge in [0.25, 0.3) is 5.56 Å². The minimum atomic E-state index is -0.848. The second-order valence-electron chi connectivity index (χ2n) is 7.29. The van der Waals surface area contributed by atoms with Crippen molar-refractivity contribution < 1.29 is 14.0 Å². The van der Waals surface area contributed by atoms with E-state index in [-0.39, 0.29) is 17.9 Å². The van der Waals surface area contributed by atoms with Crippen molar-refractivity contribution in [3.8, 4) is 0 Å². The van der Waals surface area contributed by atoms with E-state index in [4.69, 9.17) is 0 Å². The number of aryl methyl sites for hydroxylation is 1. The maximum absolute atomic E-state index is 12.9. The molecule has 1 aliphatic heterocycles. The zero-order chi connectivity index (χ0) is 21.1. The minimum Gasteiger partial charge on any atom is -0.344 e. The normalized spacial score (nSPS) is 13.4. The van der Waals surface area contributed by atoms with Gasteiger partial charge >= 0.3 is 11.8 Å². The van der Waals surface area contributed by atoms with Crippen molar-refractivity contribution >= 4 is 28.4 Å². The summed E-state index contributed by atoms with van der Waals surface area (Å²) in [5, 5.41) is 5.40. The van der Waals surface area contributed by atoms with Gasteiger partial charge < -0.3 is 10.6 Å². The second-order valence-corrected chi connectivity index (χ2v) is 7.29. The van der Waals surface area contributed by atoms with E-state index in [1.165, 1.54) is 24.3 Å². The molecular formula is C22H21FN4O3. The van der Waals surface area contributed by atoms with E-state index in [2.05, 4.69) is 15.6 Å². The first-order chi connectivity index (χ1) is 14.5. The van der Waals surface area contributed by atoms with E-state index < -0.39 is 11.8 Å². The van der Waals surface area contributed by atoms with E-state index >= 15 is 0 Å². The first kappa shape index (κ1) is 19.8. The number of halogens is 1. The highest BCUT2D eigenvalue weighted by molar-refractivity contribution is 6.39. The average Bonchev–Trinajstić information content (AvgIpc) is 2.99. The van der Waals surface area contributed by atoms with Crippen molar-refractivity contribution in [1.82, 2.24) is 14.9 Å². The molecule has 4 rings (SSSR count). The summed E-state index contributed by atoms with van der Waals surface area (Å²) in [5.74, 6) is -1.25. The summed E-state index contributed by atoms with van der Waals surface area (Å²) < 4.78 is 14.6. The maximum atomic E-state index is 12.9. The van der Waals surface area contributed by atoms with Gasteiger partial charge in [-0.05, 0) is 48.7 Å². The van der Waals surface area contributed by atoms with E-state index in [0.29, 0.717) is 28.7 Å². The van der Waals surface area contributed by atoms with Gasteiger partial charge in [-0.3, -0.25) is 19.0 Å². The molecule has 0 bridgehead atoms. The van der Waals surface area contributed by atoms with Crippen molar-refractivity contribution in [3.05, 3.63) is 70.0 Å². The number of carbonyl (C=O) groups is 2. The summed E-state index contributed by atoms with van der Waals surface area (Å²) in [7, 11) is 0. The Morgan fingerprint density at radius 3 is 2.63 bits per heavy atom. The van der Waals surface area contributed by atoms with E-state index in [0.717, 1.165) is 31.5 Å². The lowest BCUT2D eigenvalue weighted by Gasteiger charge is -2.11. The van der Waals surface area contributed by atoms with Crippen LogP contribution in [-0.2, 0) is 29.1 Å². The largest absolute Gasteiger partial charge is 0.344 e. The number of hydrogen-bond acceptors (Lipinski definition) is 4. The first-order valence-corrected chi connectivity index (χ1v) is 9.88. The van der Waals surface area contributed by atoms with Crippen LogP contribution in [0.2, 0.25) is 0 Å². The number of anilines is 1. The monoisotopic (exact) mass is 408 g/mol. The Kier molecular flexibility index (Phi) is 5.56. The molecule has 1 aliphatic rings. The smallest absolute Gasteiger partial charge is 0.313 e. The molecule has 8 heteroatoms. The SMILES string of the molecule is O=C(NCc1ccc(F)cc1)C(=O)Nc1ccc2nc3n(c(=O)c2c1)CCCCC3. The standard InChI is InChI=1S/C22H21FN4O3/c23-15-7-5-14(6-8-15)13-24-20(28)21(29)25-16-9-10-18-17(12-16)22(30)27-11-3-1-2-4-19(27)26-18/h5-10,12H,1-4,11,13H2,(H,24,28)(H,25,29). The van der Waals surface area contributed by atoms with Crippen molar-refractivity contribution in [2.24, 2.45) is 0 Å². The molecule has 1 aromatic heterocycles. The van der Waals surface area contributed by atoms with Crippen LogP contribution in [0.3, 0.4) is 0 Å². The fourth-order valence-electron chi connectivity index (χ4n) is 3.55. The van der Waals surface area contributed by atoms with Crippen molar-refractivity contribution in [3.63, 3.8) is 0 Å². The van der Waals surface area contributed by atoms with Gasteiger partial charge in [0.1, 0.15) is 11.6 Å². The van der Waals surface area contributed by atoms with E-state index in [9.17, 15) is 18.8 Å². The lowest BCUT2D eigenvalue weighted by molar-refractivity contribution is -0.136. The Bertz CT molecular complexity index is 1170. The first-order valence-electron chi connectivity index (χ1n) is 9.88. The van der Waals surface area contributed by atoms with Gasteiger partial charge in [0.15, 0.2) is 0 Å². The number of amides is 2. The van der Waals surface area contributed by atoms with Gasteiger partial charge in [-0.1, -0.05) is 18.6 Å². The Hall–Kier alpha value is -3.55. The number of carbonyl (C=O) groups excluding carboxylic acids is 2. The molecule has 2 heterocycles. The van der Waals surface area contributed by atoms with Crippen LogP contribution >= 0.6 is 0 Å². The molecule has 0 unspecified atom stereocenters. The average molecular weight is 408 g/mol. The highest BCUT2D eigenvalue weighted by atomic mass is 19.1. The van der Waals surface area contributed by atoms with Crippen LogP contribution in [0.1, 0.15) is 30.7 Å². The molecule has 0 atom stereocenters. The third kappa shape index (κ3) is 4.22. The number of nitrogens with zero attached hydrogens (tertiary/aromatic N) is 2. The topological polar surface area (TPSA) is 93.1 Å². The number of aromatic nitrogens is 2. The Balaban J connectivity index is 1.48. The van der Waals surface area contributed by atoms with Gasteiger partial charge in [-0.15, -0.1) is 0 Å². The molecule has 30 heavy (non-hydrogen) atoms. The highest BCUT2D eigenvalue weighted by Gasteiger charge is 2.16. The summed E-state index contributed by atoms with van der Waals surface area (Å²) >= 11 is 0. The molecule has 0 spiro atoms.